The fourth-order valence-corrected chi connectivity index (χ4v) is 1.23. The van der Waals surface area contributed by atoms with E-state index in [-0.39, 0.29) is 6.42 Å². The average Bonchev–Trinajstić information content (AvgIpc) is 2.53. The molecule has 1 rings (SSSR count). The maximum Gasteiger partial charge on any atom is 0.338 e. The Labute approximate surface area is 81.4 Å². The number of hydrogen-bond acceptors (Lipinski definition) is 2. The van der Waals surface area contributed by atoms with Crippen molar-refractivity contribution in [3.8, 4) is 0 Å². The van der Waals surface area contributed by atoms with Gasteiger partial charge in [0.15, 0.2) is 0 Å². The van der Waals surface area contributed by atoms with Crippen LogP contribution in [0.2, 0.25) is 0 Å². The second-order valence-corrected chi connectivity index (χ2v) is 3.09. The molecule has 4 nitrogen and oxygen atoms in total. The van der Waals surface area contributed by atoms with E-state index in [1.165, 1.54) is 6.20 Å². The van der Waals surface area contributed by atoms with Gasteiger partial charge in [-0.15, -0.1) is 0 Å². The van der Waals surface area contributed by atoms with Gasteiger partial charge in [0.05, 0.1) is 6.33 Å². The summed E-state index contributed by atoms with van der Waals surface area (Å²) in [6.07, 6.45) is 2.05. The number of alkyl halides is 1. The molecule has 1 heterocycles. The van der Waals surface area contributed by atoms with Gasteiger partial charge in [0.1, 0.15) is 0 Å². The molecule has 0 saturated carbocycles. The molecule has 0 aromatic carbocycles. The summed E-state index contributed by atoms with van der Waals surface area (Å²) in [6, 6.07) is 0. The van der Waals surface area contributed by atoms with E-state index >= 15 is 0 Å². The van der Waals surface area contributed by atoms with Crippen LogP contribution in [0.25, 0.3) is 0 Å². The highest BCUT2D eigenvalue weighted by Gasteiger charge is 2.18. The number of aromatic nitrogens is 2. The maximum atomic E-state index is 12.9. The van der Waals surface area contributed by atoms with Gasteiger partial charge < -0.3 is 9.67 Å². The van der Waals surface area contributed by atoms with Crippen LogP contribution in [0.3, 0.4) is 0 Å². The van der Waals surface area contributed by atoms with Crippen LogP contribution < -0.4 is 0 Å². The monoisotopic (exact) mass is 200 g/mol. The Hall–Kier alpha value is -1.39. The molecule has 0 saturated heterocycles. The summed E-state index contributed by atoms with van der Waals surface area (Å²) in [5.74, 6) is -1.42. The van der Waals surface area contributed by atoms with Gasteiger partial charge in [-0.05, 0) is 6.42 Å². The summed E-state index contributed by atoms with van der Waals surface area (Å²) in [4.78, 5) is 14.1. The number of nitrogens with zero attached hydrogens (tertiary/aromatic N) is 2. The first-order chi connectivity index (χ1) is 6.65. The molecule has 0 aliphatic rings. The van der Waals surface area contributed by atoms with Crippen LogP contribution in [0.4, 0.5) is 4.39 Å². The number of aliphatic carboxylic acids is 1. The molecule has 0 radical (unpaired) electrons. The molecule has 0 amide bonds. The Kier molecular flexibility index (Phi) is 3.62. The Balaban J connectivity index is 2.66. The van der Waals surface area contributed by atoms with Gasteiger partial charge in [0.25, 0.3) is 0 Å². The number of imidazole rings is 1. The lowest BCUT2D eigenvalue weighted by Gasteiger charge is -2.06. The molecule has 0 spiro atoms. The van der Waals surface area contributed by atoms with E-state index < -0.39 is 12.1 Å². The zero-order valence-electron chi connectivity index (χ0n) is 7.98. The van der Waals surface area contributed by atoms with E-state index in [1.807, 2.05) is 6.92 Å². The van der Waals surface area contributed by atoms with Gasteiger partial charge in [0.2, 0.25) is 6.17 Å². The minimum Gasteiger partial charge on any atom is -0.479 e. The molecule has 78 valence electrons. The third-order valence-electron chi connectivity index (χ3n) is 1.92. The number of carboxylic acids is 1. The lowest BCUT2D eigenvalue weighted by Crippen LogP contribution is -2.19. The van der Waals surface area contributed by atoms with Crippen LogP contribution in [0.15, 0.2) is 12.5 Å². The number of halogens is 1. The zero-order chi connectivity index (χ0) is 10.6. The van der Waals surface area contributed by atoms with E-state index in [4.69, 9.17) is 5.11 Å². The van der Waals surface area contributed by atoms with Crippen LogP contribution in [0.1, 0.15) is 19.0 Å². The third kappa shape index (κ3) is 2.55. The van der Waals surface area contributed by atoms with E-state index in [1.54, 1.807) is 10.9 Å². The van der Waals surface area contributed by atoms with Gasteiger partial charge in [0, 0.05) is 24.9 Å². The molecular weight excluding hydrogens is 187 g/mol. The quantitative estimate of drug-likeness (QED) is 0.778. The second-order valence-electron chi connectivity index (χ2n) is 3.09. The molecular formula is C9H13FN2O2. The van der Waals surface area contributed by atoms with Crippen molar-refractivity contribution in [2.75, 3.05) is 0 Å². The topological polar surface area (TPSA) is 55.1 Å². The van der Waals surface area contributed by atoms with Gasteiger partial charge in [-0.3, -0.25) is 0 Å². The zero-order valence-corrected chi connectivity index (χ0v) is 7.98. The van der Waals surface area contributed by atoms with Gasteiger partial charge in [-0.25, -0.2) is 14.2 Å². The number of aryl methyl sites for hydroxylation is 1. The fraction of sp³-hybridized carbons (Fsp3) is 0.556. The summed E-state index contributed by atoms with van der Waals surface area (Å²) in [7, 11) is 0. The summed E-state index contributed by atoms with van der Waals surface area (Å²) in [5.41, 5.74) is 0.627. The molecule has 0 fully saturated rings. The number of hydrogen-bond donors (Lipinski definition) is 1. The lowest BCUT2D eigenvalue weighted by atomic mass is 10.2. The Morgan fingerprint density at radius 1 is 1.79 bits per heavy atom. The van der Waals surface area contributed by atoms with Crippen LogP contribution in [-0.4, -0.2) is 26.8 Å². The summed E-state index contributed by atoms with van der Waals surface area (Å²) < 4.78 is 14.6. The molecule has 1 atom stereocenters. The van der Waals surface area contributed by atoms with Crippen molar-refractivity contribution in [3.63, 3.8) is 0 Å². The average molecular weight is 200 g/mol. The molecule has 0 aliphatic heterocycles. The lowest BCUT2D eigenvalue weighted by molar-refractivity contribution is -0.142. The third-order valence-corrected chi connectivity index (χ3v) is 1.92. The van der Waals surface area contributed by atoms with Crippen molar-refractivity contribution >= 4 is 5.97 Å². The van der Waals surface area contributed by atoms with E-state index in [0.29, 0.717) is 5.69 Å². The molecule has 1 unspecified atom stereocenters. The van der Waals surface area contributed by atoms with Crippen LogP contribution in [0.5, 0.6) is 0 Å². The standard InChI is InChI=1S/C9H13FN2O2/c1-2-3-12-6-11-5-7(12)4-8(10)9(13)14/h5-6,8H,2-4H2,1H3,(H,13,14). The number of carbonyl (C=O) groups is 1. The fourth-order valence-electron chi connectivity index (χ4n) is 1.23. The van der Waals surface area contributed by atoms with E-state index in [9.17, 15) is 9.18 Å². The molecule has 1 N–H and O–H groups in total. The molecule has 14 heavy (non-hydrogen) atoms. The van der Waals surface area contributed by atoms with Crippen LogP contribution in [0, 0.1) is 0 Å². The molecule has 1 aromatic rings. The van der Waals surface area contributed by atoms with Crippen molar-refractivity contribution in [3.05, 3.63) is 18.2 Å². The van der Waals surface area contributed by atoms with Crippen molar-refractivity contribution < 1.29 is 14.3 Å². The van der Waals surface area contributed by atoms with E-state index in [2.05, 4.69) is 4.98 Å². The number of rotatable bonds is 5. The molecule has 1 aromatic heterocycles. The smallest absolute Gasteiger partial charge is 0.338 e. The van der Waals surface area contributed by atoms with Crippen LogP contribution >= 0.6 is 0 Å². The largest absolute Gasteiger partial charge is 0.479 e. The highest BCUT2D eigenvalue weighted by Crippen LogP contribution is 2.07. The first-order valence-corrected chi connectivity index (χ1v) is 4.51. The maximum absolute atomic E-state index is 12.9. The summed E-state index contributed by atoms with van der Waals surface area (Å²) in [5, 5.41) is 8.40. The van der Waals surface area contributed by atoms with E-state index in [0.717, 1.165) is 13.0 Å². The highest BCUT2D eigenvalue weighted by atomic mass is 19.1. The van der Waals surface area contributed by atoms with Crippen molar-refractivity contribution in [2.24, 2.45) is 0 Å². The van der Waals surface area contributed by atoms with Crippen molar-refractivity contribution in [1.29, 1.82) is 0 Å². The van der Waals surface area contributed by atoms with Gasteiger partial charge in [-0.1, -0.05) is 6.92 Å². The first-order valence-electron chi connectivity index (χ1n) is 4.51. The summed E-state index contributed by atoms with van der Waals surface area (Å²) in [6.45, 7) is 2.73. The van der Waals surface area contributed by atoms with Crippen molar-refractivity contribution in [1.82, 2.24) is 9.55 Å². The normalized spacial score (nSPS) is 12.7. The SMILES string of the molecule is CCCn1cncc1CC(F)C(=O)O. The minimum atomic E-state index is -1.85. The molecule has 5 heteroatoms. The number of carboxylic acid groups (broad SMARTS) is 1. The predicted octanol–water partition coefficient (Wildman–Crippen LogP) is 1.26. The second kappa shape index (κ2) is 4.74. The highest BCUT2D eigenvalue weighted by molar-refractivity contribution is 5.72. The molecule has 0 bridgehead atoms. The minimum absolute atomic E-state index is 0.116. The first kappa shape index (κ1) is 10.7. The Bertz CT molecular complexity index is 312. The Morgan fingerprint density at radius 3 is 3.07 bits per heavy atom. The van der Waals surface area contributed by atoms with Crippen LogP contribution in [-0.2, 0) is 17.8 Å². The van der Waals surface area contributed by atoms with Crippen molar-refractivity contribution in [2.45, 2.75) is 32.5 Å². The Morgan fingerprint density at radius 2 is 2.50 bits per heavy atom. The van der Waals surface area contributed by atoms with Gasteiger partial charge in [-0.2, -0.15) is 0 Å². The van der Waals surface area contributed by atoms with Gasteiger partial charge >= 0.3 is 5.97 Å². The predicted molar refractivity (Wildman–Crippen MR) is 48.8 cm³/mol. The molecule has 0 aliphatic carbocycles. The summed E-state index contributed by atoms with van der Waals surface area (Å²) >= 11 is 0.